The van der Waals surface area contributed by atoms with Crippen LogP contribution in [0.2, 0.25) is 0 Å². The summed E-state index contributed by atoms with van der Waals surface area (Å²) >= 11 is 0. The summed E-state index contributed by atoms with van der Waals surface area (Å²) in [6.45, 7) is 5.48. The number of fused-ring (bicyclic) bond motifs is 1. The Morgan fingerprint density at radius 2 is 1.79 bits per heavy atom. The van der Waals surface area contributed by atoms with E-state index in [4.69, 9.17) is 4.74 Å². The third kappa shape index (κ3) is 5.35. The monoisotopic (exact) mass is 463 g/mol. The molecule has 0 radical (unpaired) electrons. The number of carbonyl (C=O) groups is 1. The first-order valence-electron chi connectivity index (χ1n) is 11.2. The molecule has 178 valence electrons. The van der Waals surface area contributed by atoms with E-state index >= 15 is 0 Å². The second-order valence-corrected chi connectivity index (χ2v) is 8.77. The minimum absolute atomic E-state index is 0.00423. The molecule has 0 spiro atoms. The second kappa shape index (κ2) is 10.6. The predicted octanol–water partition coefficient (Wildman–Crippen LogP) is 1.68. The van der Waals surface area contributed by atoms with Crippen molar-refractivity contribution in [1.29, 1.82) is 0 Å². The van der Waals surface area contributed by atoms with Crippen molar-refractivity contribution in [1.82, 2.24) is 34.7 Å². The average Bonchev–Trinajstić information content (AvgIpc) is 2.86. The van der Waals surface area contributed by atoms with E-state index in [1.165, 1.54) is 12.7 Å². The van der Waals surface area contributed by atoms with Crippen LogP contribution in [0.4, 0.5) is 0 Å². The summed E-state index contributed by atoms with van der Waals surface area (Å²) in [6.07, 6.45) is 11.3. The van der Waals surface area contributed by atoms with Crippen LogP contribution < -0.4 is 4.74 Å². The first-order chi connectivity index (χ1) is 16.5. The number of amides is 1. The van der Waals surface area contributed by atoms with Crippen molar-refractivity contribution < 1.29 is 14.6 Å². The Bertz CT molecular complexity index is 1100. The van der Waals surface area contributed by atoms with E-state index in [-0.39, 0.29) is 36.5 Å². The Hall–Kier alpha value is -3.50. The number of hydrogen-bond donors (Lipinski definition) is 1. The van der Waals surface area contributed by atoms with Crippen LogP contribution in [0.5, 0.6) is 5.88 Å². The summed E-state index contributed by atoms with van der Waals surface area (Å²) in [5.41, 5.74) is 2.84. The lowest BCUT2D eigenvalue weighted by Crippen LogP contribution is -2.49. The van der Waals surface area contributed by atoms with E-state index in [1.807, 2.05) is 14.0 Å². The summed E-state index contributed by atoms with van der Waals surface area (Å²) in [7, 11) is 2.01. The summed E-state index contributed by atoms with van der Waals surface area (Å²) < 4.78 is 6.36. The number of likely N-dealkylation sites (N-methyl/N-ethyl adjacent to an activating group) is 1. The maximum atomic E-state index is 13.5. The number of aliphatic hydroxyl groups excluding tert-OH is 1. The van der Waals surface area contributed by atoms with Gasteiger partial charge in [0.1, 0.15) is 24.3 Å². The van der Waals surface area contributed by atoms with Gasteiger partial charge in [-0.1, -0.05) is 6.92 Å². The van der Waals surface area contributed by atoms with Crippen LogP contribution in [0.25, 0.3) is 11.1 Å². The third-order valence-corrected chi connectivity index (χ3v) is 5.97. The molecule has 3 atom stereocenters. The molecular formula is C24H29N7O3. The Morgan fingerprint density at radius 1 is 1.12 bits per heavy atom. The van der Waals surface area contributed by atoms with Crippen molar-refractivity contribution in [3.05, 3.63) is 60.8 Å². The zero-order chi connectivity index (χ0) is 24.1. The molecule has 3 aromatic rings. The number of carbonyl (C=O) groups excluding carboxylic acids is 1. The maximum absolute atomic E-state index is 13.5. The number of hydrogen-bond acceptors (Lipinski definition) is 9. The minimum atomic E-state index is -0.343. The molecule has 4 heterocycles. The molecule has 1 aliphatic heterocycles. The molecule has 0 saturated heterocycles. The second-order valence-electron chi connectivity index (χ2n) is 8.77. The lowest BCUT2D eigenvalue weighted by molar-refractivity contribution is 0.0325. The van der Waals surface area contributed by atoms with Crippen LogP contribution >= 0.6 is 0 Å². The fraction of sp³-hybridized carbons (Fsp3) is 0.417. The third-order valence-electron chi connectivity index (χ3n) is 5.97. The highest BCUT2D eigenvalue weighted by Gasteiger charge is 2.34. The molecular weight excluding hydrogens is 434 g/mol. The highest BCUT2D eigenvalue weighted by atomic mass is 16.5. The van der Waals surface area contributed by atoms with Gasteiger partial charge < -0.3 is 14.7 Å². The van der Waals surface area contributed by atoms with Crippen molar-refractivity contribution in [2.45, 2.75) is 32.5 Å². The molecule has 1 N–H and O–H groups in total. The van der Waals surface area contributed by atoms with Gasteiger partial charge in [0.05, 0.1) is 12.6 Å². The smallest absolute Gasteiger partial charge is 0.259 e. The van der Waals surface area contributed by atoms with Crippen molar-refractivity contribution in [3.63, 3.8) is 0 Å². The van der Waals surface area contributed by atoms with Crippen LogP contribution in [-0.2, 0) is 6.54 Å². The Labute approximate surface area is 198 Å². The highest BCUT2D eigenvalue weighted by Crippen LogP contribution is 2.30. The zero-order valence-electron chi connectivity index (χ0n) is 19.6. The van der Waals surface area contributed by atoms with Crippen molar-refractivity contribution in [2.75, 3.05) is 26.7 Å². The Balaban J connectivity index is 1.65. The van der Waals surface area contributed by atoms with Crippen LogP contribution in [0, 0.1) is 5.92 Å². The van der Waals surface area contributed by atoms with Crippen LogP contribution in [0.15, 0.2) is 49.7 Å². The average molecular weight is 464 g/mol. The van der Waals surface area contributed by atoms with Gasteiger partial charge in [0.2, 0.25) is 5.88 Å². The number of aliphatic hydroxyl groups is 1. The van der Waals surface area contributed by atoms with E-state index in [1.54, 1.807) is 42.0 Å². The summed E-state index contributed by atoms with van der Waals surface area (Å²) in [4.78, 5) is 38.2. The van der Waals surface area contributed by atoms with Gasteiger partial charge in [-0.2, -0.15) is 0 Å². The molecule has 1 amide bonds. The van der Waals surface area contributed by atoms with Crippen molar-refractivity contribution in [2.24, 2.45) is 5.92 Å². The number of rotatable bonds is 7. The summed E-state index contributed by atoms with van der Waals surface area (Å²) in [5, 5.41) is 9.83. The zero-order valence-corrected chi connectivity index (χ0v) is 19.6. The highest BCUT2D eigenvalue weighted by molar-refractivity contribution is 5.98. The van der Waals surface area contributed by atoms with Crippen LogP contribution in [-0.4, -0.2) is 84.6 Å². The van der Waals surface area contributed by atoms with Gasteiger partial charge in [0, 0.05) is 73.2 Å². The standard InChI is InChI=1S/C24H29N7O3/c1-16-10-31(17(2)13-32)24(33)21-4-19(20-7-27-15-28-8-20)9-29-23(21)34-22(16)12-30(3)11-18-5-25-14-26-6-18/h4-9,14-17,22,32H,10-13H2,1-3H3/t16-,17-,22+/m1/s1. The topological polar surface area (TPSA) is 117 Å². The molecule has 3 aromatic heterocycles. The first kappa shape index (κ1) is 23.7. The van der Waals surface area contributed by atoms with Gasteiger partial charge in [-0.3, -0.25) is 9.69 Å². The van der Waals surface area contributed by atoms with E-state index in [0.29, 0.717) is 25.2 Å². The van der Waals surface area contributed by atoms with Crippen molar-refractivity contribution in [3.8, 4) is 17.0 Å². The number of aromatic nitrogens is 5. The Morgan fingerprint density at radius 3 is 2.47 bits per heavy atom. The molecule has 4 rings (SSSR count). The fourth-order valence-electron chi connectivity index (χ4n) is 4.02. The van der Waals surface area contributed by atoms with Gasteiger partial charge in [-0.05, 0) is 20.0 Å². The van der Waals surface area contributed by atoms with Crippen LogP contribution in [0.1, 0.15) is 29.8 Å². The lowest BCUT2D eigenvalue weighted by Gasteiger charge is -2.37. The van der Waals surface area contributed by atoms with E-state index < -0.39 is 0 Å². The van der Waals surface area contributed by atoms with E-state index in [9.17, 15) is 9.90 Å². The lowest BCUT2D eigenvalue weighted by atomic mass is 9.99. The first-order valence-corrected chi connectivity index (χ1v) is 11.2. The molecule has 1 aliphatic rings. The molecule has 0 bridgehead atoms. The number of nitrogens with zero attached hydrogens (tertiary/aromatic N) is 7. The molecule has 0 fully saturated rings. The predicted molar refractivity (Wildman–Crippen MR) is 125 cm³/mol. The molecule has 0 saturated carbocycles. The quantitative estimate of drug-likeness (QED) is 0.558. The molecule has 10 heteroatoms. The van der Waals surface area contributed by atoms with Gasteiger partial charge in [0.25, 0.3) is 5.91 Å². The maximum Gasteiger partial charge on any atom is 0.259 e. The van der Waals surface area contributed by atoms with Gasteiger partial charge in [0.15, 0.2) is 0 Å². The van der Waals surface area contributed by atoms with Gasteiger partial charge in [-0.25, -0.2) is 24.9 Å². The van der Waals surface area contributed by atoms with Gasteiger partial charge in [-0.15, -0.1) is 0 Å². The summed E-state index contributed by atoms with van der Waals surface area (Å²) in [6, 6.07) is 1.42. The largest absolute Gasteiger partial charge is 0.472 e. The fourth-order valence-corrected chi connectivity index (χ4v) is 4.02. The molecule has 34 heavy (non-hydrogen) atoms. The normalized spacial score (nSPS) is 19.2. The van der Waals surface area contributed by atoms with E-state index in [0.717, 1.165) is 16.7 Å². The summed E-state index contributed by atoms with van der Waals surface area (Å²) in [5.74, 6) is 0.0705. The van der Waals surface area contributed by atoms with Gasteiger partial charge >= 0.3 is 0 Å². The molecule has 0 aromatic carbocycles. The minimum Gasteiger partial charge on any atom is -0.472 e. The van der Waals surface area contributed by atoms with E-state index in [2.05, 4.69) is 36.7 Å². The molecule has 0 unspecified atom stereocenters. The number of ether oxygens (including phenoxy) is 1. The SMILES string of the molecule is C[C@@H]1CN([C@H](C)CO)C(=O)c2cc(-c3cncnc3)cnc2O[C@H]1CN(C)Cc1cncnc1. The van der Waals surface area contributed by atoms with Crippen molar-refractivity contribution >= 4 is 5.91 Å². The Kier molecular flexibility index (Phi) is 7.39. The number of pyridine rings is 1. The molecule has 10 nitrogen and oxygen atoms in total. The van der Waals surface area contributed by atoms with Crippen LogP contribution in [0.3, 0.4) is 0 Å². The molecule has 0 aliphatic carbocycles.